The van der Waals surface area contributed by atoms with Gasteiger partial charge in [-0.25, -0.2) is 13.1 Å². The smallest absolute Gasteiger partial charge is 0.240 e. The number of hydrogen-bond donors (Lipinski definition) is 2. The Kier molecular flexibility index (Phi) is 4.57. The van der Waals surface area contributed by atoms with Crippen molar-refractivity contribution < 1.29 is 13.2 Å². The molecule has 1 saturated heterocycles. The summed E-state index contributed by atoms with van der Waals surface area (Å²) in [6.07, 6.45) is 0.907. The summed E-state index contributed by atoms with van der Waals surface area (Å²) in [6.45, 7) is 4.03. The fourth-order valence-electron chi connectivity index (χ4n) is 2.09. The number of ether oxygens (including phenoxy) is 1. The van der Waals surface area contributed by atoms with Crippen LogP contribution in [0.5, 0.6) is 0 Å². The molecule has 1 fully saturated rings. The van der Waals surface area contributed by atoms with E-state index in [1.165, 1.54) is 0 Å². The highest BCUT2D eigenvalue weighted by Crippen LogP contribution is 2.16. The van der Waals surface area contributed by atoms with Crippen molar-refractivity contribution >= 4 is 10.0 Å². The summed E-state index contributed by atoms with van der Waals surface area (Å²) in [4.78, 5) is 0.275. The van der Waals surface area contributed by atoms with E-state index in [4.69, 9.17) is 10.5 Å². The first kappa shape index (κ1) is 14.5. The molecule has 0 amide bonds. The highest BCUT2D eigenvalue weighted by Gasteiger charge is 2.20. The molecule has 0 spiro atoms. The van der Waals surface area contributed by atoms with Crippen LogP contribution in [-0.4, -0.2) is 28.2 Å². The van der Waals surface area contributed by atoms with Gasteiger partial charge in [-0.3, -0.25) is 0 Å². The molecule has 19 heavy (non-hydrogen) atoms. The van der Waals surface area contributed by atoms with Crippen molar-refractivity contribution in [2.75, 3.05) is 19.8 Å². The Morgan fingerprint density at radius 1 is 1.47 bits per heavy atom. The van der Waals surface area contributed by atoms with Gasteiger partial charge in [0.05, 0.1) is 11.5 Å². The first-order valence-electron chi connectivity index (χ1n) is 6.40. The lowest BCUT2D eigenvalue weighted by molar-refractivity contribution is 0.186. The largest absolute Gasteiger partial charge is 0.381 e. The predicted octanol–water partition coefficient (Wildman–Crippen LogP) is 0.769. The molecule has 1 heterocycles. The van der Waals surface area contributed by atoms with Crippen molar-refractivity contribution in [3.05, 3.63) is 29.3 Å². The summed E-state index contributed by atoms with van der Waals surface area (Å²) < 4.78 is 32.2. The molecule has 1 aliphatic heterocycles. The zero-order valence-electron chi connectivity index (χ0n) is 11.1. The Morgan fingerprint density at radius 3 is 2.89 bits per heavy atom. The summed E-state index contributed by atoms with van der Waals surface area (Å²) in [5, 5.41) is 0. The van der Waals surface area contributed by atoms with Gasteiger partial charge in [-0.2, -0.15) is 0 Å². The maximum absolute atomic E-state index is 12.2. The SMILES string of the molecule is Cc1ccc(S(=O)(=O)NCC2CCOC2)cc1CN. The Hall–Kier alpha value is -0.950. The van der Waals surface area contributed by atoms with Crippen LogP contribution in [-0.2, 0) is 21.3 Å². The first-order chi connectivity index (χ1) is 9.03. The second-order valence-electron chi connectivity index (χ2n) is 4.87. The van der Waals surface area contributed by atoms with Gasteiger partial charge in [0.2, 0.25) is 10.0 Å². The van der Waals surface area contributed by atoms with E-state index in [9.17, 15) is 8.42 Å². The second-order valence-corrected chi connectivity index (χ2v) is 6.64. The zero-order valence-corrected chi connectivity index (χ0v) is 11.9. The number of benzene rings is 1. The lowest BCUT2D eigenvalue weighted by Crippen LogP contribution is -2.29. The normalized spacial score (nSPS) is 19.8. The average Bonchev–Trinajstić information content (AvgIpc) is 2.90. The molecule has 1 aromatic rings. The Balaban J connectivity index is 2.10. The van der Waals surface area contributed by atoms with E-state index in [1.54, 1.807) is 18.2 Å². The first-order valence-corrected chi connectivity index (χ1v) is 7.88. The molecule has 2 rings (SSSR count). The number of nitrogens with one attached hydrogen (secondary N) is 1. The molecule has 0 saturated carbocycles. The van der Waals surface area contributed by atoms with Gasteiger partial charge in [0.1, 0.15) is 0 Å². The predicted molar refractivity (Wildman–Crippen MR) is 73.2 cm³/mol. The number of sulfonamides is 1. The summed E-state index contributed by atoms with van der Waals surface area (Å²) >= 11 is 0. The minimum atomic E-state index is -3.46. The van der Waals surface area contributed by atoms with Gasteiger partial charge in [0.25, 0.3) is 0 Å². The maximum Gasteiger partial charge on any atom is 0.240 e. The number of nitrogens with two attached hydrogens (primary N) is 1. The maximum atomic E-state index is 12.2. The Morgan fingerprint density at radius 2 is 2.26 bits per heavy atom. The van der Waals surface area contributed by atoms with Gasteiger partial charge in [-0.1, -0.05) is 6.07 Å². The standard InChI is InChI=1S/C13H20N2O3S/c1-10-2-3-13(6-12(10)7-14)19(16,17)15-8-11-4-5-18-9-11/h2-3,6,11,15H,4-5,7-9,14H2,1H3. The zero-order chi connectivity index (χ0) is 13.9. The number of hydrogen-bond acceptors (Lipinski definition) is 4. The fraction of sp³-hybridized carbons (Fsp3) is 0.538. The van der Waals surface area contributed by atoms with Crippen molar-refractivity contribution in [1.29, 1.82) is 0 Å². The van der Waals surface area contributed by atoms with Crippen LogP contribution in [0.15, 0.2) is 23.1 Å². The van der Waals surface area contributed by atoms with Crippen LogP contribution in [0.1, 0.15) is 17.5 Å². The van der Waals surface area contributed by atoms with E-state index in [0.717, 1.165) is 17.5 Å². The van der Waals surface area contributed by atoms with Crippen LogP contribution in [0.2, 0.25) is 0 Å². The van der Waals surface area contributed by atoms with Crippen LogP contribution < -0.4 is 10.5 Å². The molecule has 0 aliphatic carbocycles. The van der Waals surface area contributed by atoms with Gasteiger partial charge >= 0.3 is 0 Å². The van der Waals surface area contributed by atoms with E-state index < -0.39 is 10.0 Å². The topological polar surface area (TPSA) is 81.4 Å². The Labute approximate surface area is 114 Å². The van der Waals surface area contributed by atoms with Crippen molar-refractivity contribution in [1.82, 2.24) is 4.72 Å². The third-order valence-electron chi connectivity index (χ3n) is 3.44. The average molecular weight is 284 g/mol. The van der Waals surface area contributed by atoms with E-state index in [1.807, 2.05) is 6.92 Å². The minimum Gasteiger partial charge on any atom is -0.381 e. The van der Waals surface area contributed by atoms with Gasteiger partial charge in [-0.05, 0) is 42.5 Å². The molecule has 5 nitrogen and oxygen atoms in total. The minimum absolute atomic E-state index is 0.272. The van der Waals surface area contributed by atoms with E-state index in [2.05, 4.69) is 4.72 Å². The third kappa shape index (κ3) is 3.54. The van der Waals surface area contributed by atoms with Crippen LogP contribution in [0.4, 0.5) is 0 Å². The summed E-state index contributed by atoms with van der Waals surface area (Å²) in [7, 11) is -3.46. The van der Waals surface area contributed by atoms with E-state index in [-0.39, 0.29) is 10.8 Å². The summed E-state index contributed by atoms with van der Waals surface area (Å²) in [6, 6.07) is 5.04. The second kappa shape index (κ2) is 6.00. The van der Waals surface area contributed by atoms with Gasteiger partial charge in [-0.15, -0.1) is 0 Å². The lowest BCUT2D eigenvalue weighted by atomic mass is 10.1. The number of aryl methyl sites for hydroxylation is 1. The van der Waals surface area contributed by atoms with Crippen LogP contribution >= 0.6 is 0 Å². The van der Waals surface area contributed by atoms with Crippen LogP contribution in [0, 0.1) is 12.8 Å². The van der Waals surface area contributed by atoms with Gasteiger partial charge in [0, 0.05) is 19.7 Å². The quantitative estimate of drug-likeness (QED) is 0.837. The van der Waals surface area contributed by atoms with E-state index >= 15 is 0 Å². The highest BCUT2D eigenvalue weighted by atomic mass is 32.2. The molecule has 0 aromatic heterocycles. The molecule has 1 atom stereocenters. The molecule has 0 bridgehead atoms. The number of rotatable bonds is 5. The van der Waals surface area contributed by atoms with Crippen LogP contribution in [0.3, 0.4) is 0 Å². The fourth-order valence-corrected chi connectivity index (χ4v) is 3.26. The molecule has 106 valence electrons. The lowest BCUT2D eigenvalue weighted by Gasteiger charge is -2.12. The van der Waals surface area contributed by atoms with Crippen molar-refractivity contribution in [3.8, 4) is 0 Å². The molecular weight excluding hydrogens is 264 g/mol. The van der Waals surface area contributed by atoms with E-state index in [0.29, 0.717) is 26.3 Å². The third-order valence-corrected chi connectivity index (χ3v) is 4.86. The molecule has 6 heteroatoms. The Bertz CT molecular complexity index is 537. The molecule has 0 radical (unpaired) electrons. The van der Waals surface area contributed by atoms with Crippen molar-refractivity contribution in [2.45, 2.75) is 24.8 Å². The van der Waals surface area contributed by atoms with Crippen molar-refractivity contribution in [3.63, 3.8) is 0 Å². The highest BCUT2D eigenvalue weighted by molar-refractivity contribution is 7.89. The monoisotopic (exact) mass is 284 g/mol. The molecular formula is C13H20N2O3S. The van der Waals surface area contributed by atoms with Gasteiger partial charge in [0.15, 0.2) is 0 Å². The van der Waals surface area contributed by atoms with Gasteiger partial charge < -0.3 is 10.5 Å². The molecule has 1 unspecified atom stereocenters. The molecule has 1 aromatic carbocycles. The summed E-state index contributed by atoms with van der Waals surface area (Å²) in [5.41, 5.74) is 7.46. The van der Waals surface area contributed by atoms with Crippen molar-refractivity contribution in [2.24, 2.45) is 11.7 Å². The summed E-state index contributed by atoms with van der Waals surface area (Å²) in [5.74, 6) is 0.272. The molecule has 3 N–H and O–H groups in total. The molecule has 1 aliphatic rings. The van der Waals surface area contributed by atoms with Crippen LogP contribution in [0.25, 0.3) is 0 Å².